The first-order chi connectivity index (χ1) is 7.46. The Morgan fingerprint density at radius 3 is 2.06 bits per heavy atom. The zero-order valence-electron chi connectivity index (χ0n) is 10.4. The van der Waals surface area contributed by atoms with E-state index in [0.29, 0.717) is 11.5 Å². The smallest absolute Gasteiger partial charge is 0.323 e. The standard InChI is InChI=1S/C13H23NO2/c1-12(2)9-10(12)14-13(11(15)16)7-5-3-4-6-8-13/h10,14H,3-9H2,1-2H3,(H,15,16). The molecule has 3 heteroatoms. The van der Waals surface area contributed by atoms with Gasteiger partial charge >= 0.3 is 5.97 Å². The lowest BCUT2D eigenvalue weighted by atomic mass is 9.89. The van der Waals surface area contributed by atoms with E-state index in [-0.39, 0.29) is 0 Å². The first-order valence-electron chi connectivity index (χ1n) is 6.47. The van der Waals surface area contributed by atoms with Gasteiger partial charge in [-0.25, -0.2) is 0 Å². The van der Waals surface area contributed by atoms with Crippen LogP contribution in [0.25, 0.3) is 0 Å². The third kappa shape index (κ3) is 2.24. The first-order valence-corrected chi connectivity index (χ1v) is 6.47. The van der Waals surface area contributed by atoms with Gasteiger partial charge in [-0.1, -0.05) is 39.5 Å². The second-order valence-electron chi connectivity index (χ2n) is 6.19. The molecule has 2 aliphatic carbocycles. The van der Waals surface area contributed by atoms with E-state index >= 15 is 0 Å². The van der Waals surface area contributed by atoms with Gasteiger partial charge in [0.25, 0.3) is 0 Å². The van der Waals surface area contributed by atoms with E-state index in [0.717, 1.165) is 32.1 Å². The molecule has 0 aliphatic heterocycles. The van der Waals surface area contributed by atoms with Gasteiger partial charge in [-0.15, -0.1) is 0 Å². The van der Waals surface area contributed by atoms with Crippen LogP contribution < -0.4 is 5.32 Å². The predicted octanol–water partition coefficient (Wildman–Crippen LogP) is 2.55. The summed E-state index contributed by atoms with van der Waals surface area (Å²) in [5.41, 5.74) is -0.330. The zero-order valence-corrected chi connectivity index (χ0v) is 10.4. The van der Waals surface area contributed by atoms with Crippen molar-refractivity contribution in [2.45, 2.75) is 70.4 Å². The van der Waals surface area contributed by atoms with Crippen molar-refractivity contribution < 1.29 is 9.90 Å². The van der Waals surface area contributed by atoms with Crippen molar-refractivity contribution in [3.63, 3.8) is 0 Å². The molecular weight excluding hydrogens is 202 g/mol. The molecule has 3 nitrogen and oxygen atoms in total. The molecule has 0 aromatic heterocycles. The monoisotopic (exact) mass is 225 g/mol. The molecule has 1 atom stereocenters. The second kappa shape index (κ2) is 4.02. The van der Waals surface area contributed by atoms with E-state index in [1.54, 1.807) is 0 Å². The van der Waals surface area contributed by atoms with Crippen LogP contribution in [0.1, 0.15) is 58.8 Å². The molecule has 0 aromatic carbocycles. The number of aliphatic carboxylic acids is 1. The molecule has 0 heterocycles. The SMILES string of the molecule is CC1(C)CC1NC1(C(=O)O)CCCCCC1. The van der Waals surface area contributed by atoms with E-state index in [2.05, 4.69) is 19.2 Å². The maximum atomic E-state index is 11.5. The molecule has 2 N–H and O–H groups in total. The Kier molecular flexibility index (Phi) is 2.99. The van der Waals surface area contributed by atoms with E-state index in [1.165, 1.54) is 12.8 Å². The second-order valence-corrected chi connectivity index (χ2v) is 6.19. The predicted molar refractivity (Wildman–Crippen MR) is 63.4 cm³/mol. The van der Waals surface area contributed by atoms with E-state index < -0.39 is 11.5 Å². The van der Waals surface area contributed by atoms with Gasteiger partial charge in [0.05, 0.1) is 0 Å². The molecule has 0 bridgehead atoms. The Morgan fingerprint density at radius 2 is 1.69 bits per heavy atom. The van der Waals surface area contributed by atoms with Crippen LogP contribution in [0.2, 0.25) is 0 Å². The largest absolute Gasteiger partial charge is 0.480 e. The Balaban J connectivity index is 2.05. The summed E-state index contributed by atoms with van der Waals surface area (Å²) in [6.07, 6.45) is 7.18. The molecule has 0 aromatic rings. The zero-order chi connectivity index (χ0) is 11.8. The van der Waals surface area contributed by atoms with Gasteiger partial charge < -0.3 is 5.11 Å². The molecule has 0 spiro atoms. The molecule has 2 saturated carbocycles. The third-order valence-corrected chi connectivity index (χ3v) is 4.33. The molecule has 2 fully saturated rings. The van der Waals surface area contributed by atoms with Crippen molar-refractivity contribution in [1.29, 1.82) is 0 Å². The Hall–Kier alpha value is -0.570. The van der Waals surface area contributed by atoms with Crippen molar-refractivity contribution in [3.8, 4) is 0 Å². The Labute approximate surface area is 97.6 Å². The van der Waals surface area contributed by atoms with Crippen LogP contribution >= 0.6 is 0 Å². The van der Waals surface area contributed by atoms with Crippen molar-refractivity contribution in [2.24, 2.45) is 5.41 Å². The third-order valence-electron chi connectivity index (χ3n) is 4.33. The highest BCUT2D eigenvalue weighted by atomic mass is 16.4. The van der Waals surface area contributed by atoms with Gasteiger partial charge in [-0.2, -0.15) is 0 Å². The minimum absolute atomic E-state index is 0.300. The van der Waals surface area contributed by atoms with Crippen LogP contribution in [0.5, 0.6) is 0 Å². The van der Waals surface area contributed by atoms with Crippen molar-refractivity contribution >= 4 is 5.97 Å². The van der Waals surface area contributed by atoms with Gasteiger partial charge in [0, 0.05) is 6.04 Å². The Morgan fingerprint density at radius 1 is 1.19 bits per heavy atom. The maximum absolute atomic E-state index is 11.5. The summed E-state index contributed by atoms with van der Waals surface area (Å²) in [6.45, 7) is 4.41. The molecule has 16 heavy (non-hydrogen) atoms. The highest BCUT2D eigenvalue weighted by Gasteiger charge is 2.51. The quantitative estimate of drug-likeness (QED) is 0.726. The highest BCUT2D eigenvalue weighted by molar-refractivity contribution is 5.79. The highest BCUT2D eigenvalue weighted by Crippen LogP contribution is 2.46. The van der Waals surface area contributed by atoms with Crippen LogP contribution in [-0.2, 0) is 4.79 Å². The fourth-order valence-electron chi connectivity index (χ4n) is 2.80. The van der Waals surface area contributed by atoms with E-state index in [9.17, 15) is 9.90 Å². The van der Waals surface area contributed by atoms with E-state index in [4.69, 9.17) is 0 Å². The molecule has 92 valence electrons. The summed E-state index contributed by atoms with van der Waals surface area (Å²) in [4.78, 5) is 11.5. The molecule has 2 rings (SSSR count). The number of nitrogens with one attached hydrogen (secondary N) is 1. The lowest BCUT2D eigenvalue weighted by Crippen LogP contribution is -2.53. The van der Waals surface area contributed by atoms with Crippen molar-refractivity contribution in [1.82, 2.24) is 5.32 Å². The molecule has 0 radical (unpaired) electrons. The summed E-state index contributed by atoms with van der Waals surface area (Å²) in [5, 5.41) is 12.9. The van der Waals surface area contributed by atoms with Gasteiger partial charge in [0.2, 0.25) is 0 Å². The maximum Gasteiger partial charge on any atom is 0.323 e. The van der Waals surface area contributed by atoms with Crippen LogP contribution in [0, 0.1) is 5.41 Å². The number of carbonyl (C=O) groups is 1. The van der Waals surface area contributed by atoms with Gasteiger partial charge in [0.15, 0.2) is 0 Å². The van der Waals surface area contributed by atoms with Gasteiger partial charge in [-0.3, -0.25) is 10.1 Å². The average molecular weight is 225 g/mol. The summed E-state index contributed by atoms with van der Waals surface area (Å²) >= 11 is 0. The van der Waals surface area contributed by atoms with Crippen LogP contribution in [0.4, 0.5) is 0 Å². The average Bonchev–Trinajstić information content (AvgIpc) is 2.85. The number of hydrogen-bond acceptors (Lipinski definition) is 2. The van der Waals surface area contributed by atoms with Crippen LogP contribution in [-0.4, -0.2) is 22.7 Å². The molecular formula is C13H23NO2. The van der Waals surface area contributed by atoms with Crippen molar-refractivity contribution in [3.05, 3.63) is 0 Å². The first kappa shape index (κ1) is 11.9. The fraction of sp³-hybridized carbons (Fsp3) is 0.923. The molecule has 1 unspecified atom stereocenters. The normalized spacial score (nSPS) is 31.8. The lowest BCUT2D eigenvalue weighted by Gasteiger charge is -2.30. The minimum Gasteiger partial charge on any atom is -0.480 e. The topological polar surface area (TPSA) is 49.3 Å². The number of rotatable bonds is 3. The summed E-state index contributed by atoms with van der Waals surface area (Å²) in [6, 6.07) is 0.404. The van der Waals surface area contributed by atoms with Crippen LogP contribution in [0.15, 0.2) is 0 Å². The van der Waals surface area contributed by atoms with Crippen LogP contribution in [0.3, 0.4) is 0 Å². The summed E-state index contributed by atoms with van der Waals surface area (Å²) in [5.74, 6) is -0.642. The lowest BCUT2D eigenvalue weighted by molar-refractivity contribution is -0.145. The number of hydrogen-bond donors (Lipinski definition) is 2. The fourth-order valence-corrected chi connectivity index (χ4v) is 2.80. The number of carboxylic acids is 1. The van der Waals surface area contributed by atoms with Crippen molar-refractivity contribution in [2.75, 3.05) is 0 Å². The number of carboxylic acid groups (broad SMARTS) is 1. The van der Waals surface area contributed by atoms with E-state index in [1.807, 2.05) is 0 Å². The minimum atomic E-state index is -0.642. The molecule has 2 aliphatic rings. The molecule has 0 amide bonds. The summed E-state index contributed by atoms with van der Waals surface area (Å²) in [7, 11) is 0. The Bertz CT molecular complexity index is 278. The summed E-state index contributed by atoms with van der Waals surface area (Å²) < 4.78 is 0. The van der Waals surface area contributed by atoms with Gasteiger partial charge in [0.1, 0.15) is 5.54 Å². The molecule has 0 saturated heterocycles. The van der Waals surface area contributed by atoms with Gasteiger partial charge in [-0.05, 0) is 24.7 Å².